The molecule has 0 bridgehead atoms. The molecule has 1 atom stereocenters. The first-order chi connectivity index (χ1) is 11.4. The minimum absolute atomic E-state index is 0.188. The Balaban J connectivity index is 1.77. The van der Waals surface area contributed by atoms with Crippen molar-refractivity contribution >= 4 is 23.5 Å². The van der Waals surface area contributed by atoms with Crippen molar-refractivity contribution in [3.05, 3.63) is 29.8 Å². The first kappa shape index (κ1) is 16.5. The van der Waals surface area contributed by atoms with E-state index in [1.54, 1.807) is 11.8 Å². The first-order valence-corrected chi connectivity index (χ1v) is 8.38. The smallest absolute Gasteiger partial charge is 0.323 e. The van der Waals surface area contributed by atoms with Gasteiger partial charge in [-0.15, -0.1) is 0 Å². The normalized spacial score (nSPS) is 23.4. The Kier molecular flexibility index (Phi) is 4.07. The van der Waals surface area contributed by atoms with E-state index in [1.807, 2.05) is 38.1 Å². The van der Waals surface area contributed by atoms with Crippen molar-refractivity contribution in [2.24, 2.45) is 5.92 Å². The highest BCUT2D eigenvalue weighted by molar-refractivity contribution is 6.10. The average Bonchev–Trinajstić information content (AvgIpc) is 3.36. The van der Waals surface area contributed by atoms with Gasteiger partial charge in [0.25, 0.3) is 5.91 Å². The maximum Gasteiger partial charge on any atom is 0.325 e. The number of hydrogen-bond donors (Lipinski definition) is 1. The lowest BCUT2D eigenvalue weighted by atomic mass is 9.96. The molecule has 2 fully saturated rings. The second-order valence-corrected chi connectivity index (χ2v) is 6.72. The number of urea groups is 1. The van der Waals surface area contributed by atoms with E-state index in [0.717, 1.165) is 29.0 Å². The van der Waals surface area contributed by atoms with Crippen LogP contribution in [0, 0.1) is 12.8 Å². The molecule has 1 heterocycles. The molecule has 0 aromatic heterocycles. The first-order valence-electron chi connectivity index (χ1n) is 8.38. The zero-order valence-corrected chi connectivity index (χ0v) is 14.3. The molecule has 2 aliphatic rings. The lowest BCUT2D eigenvalue weighted by Crippen LogP contribution is -2.47. The number of amides is 4. The van der Waals surface area contributed by atoms with Crippen LogP contribution in [0.5, 0.6) is 0 Å². The van der Waals surface area contributed by atoms with Crippen molar-refractivity contribution in [3.8, 4) is 0 Å². The molecule has 1 saturated carbocycles. The lowest BCUT2D eigenvalue weighted by Gasteiger charge is -2.25. The van der Waals surface area contributed by atoms with Crippen molar-refractivity contribution < 1.29 is 14.4 Å². The quantitative estimate of drug-likeness (QED) is 0.841. The van der Waals surface area contributed by atoms with Gasteiger partial charge in [0.1, 0.15) is 12.1 Å². The van der Waals surface area contributed by atoms with Gasteiger partial charge in [-0.25, -0.2) is 4.79 Å². The third kappa shape index (κ3) is 2.66. The average molecular weight is 329 g/mol. The molecule has 1 aromatic carbocycles. The van der Waals surface area contributed by atoms with Crippen molar-refractivity contribution in [1.82, 2.24) is 10.2 Å². The van der Waals surface area contributed by atoms with Crippen molar-refractivity contribution in [2.45, 2.75) is 39.2 Å². The summed E-state index contributed by atoms with van der Waals surface area (Å²) < 4.78 is 0. The molecule has 1 saturated heterocycles. The second-order valence-electron chi connectivity index (χ2n) is 6.72. The summed E-state index contributed by atoms with van der Waals surface area (Å²) in [5, 5.41) is 2.77. The standard InChI is InChI=1S/C18H23N3O3/c1-4-20(14-8-6-5-7-12(14)2)15(22)11-21-16(23)18(3,13-9-10-13)19-17(21)24/h5-8,13H,4,9-11H2,1-3H3,(H,19,24)/t18-/m0/s1. The van der Waals surface area contributed by atoms with Crippen LogP contribution in [0.3, 0.4) is 0 Å². The minimum Gasteiger partial charge on any atom is -0.323 e. The number of carbonyl (C=O) groups excluding carboxylic acids is 3. The van der Waals surface area contributed by atoms with Crippen LogP contribution in [0.15, 0.2) is 24.3 Å². The molecule has 1 aliphatic heterocycles. The van der Waals surface area contributed by atoms with Crippen LogP contribution in [0.2, 0.25) is 0 Å². The molecule has 1 aromatic rings. The van der Waals surface area contributed by atoms with Gasteiger partial charge in [0.15, 0.2) is 0 Å². The highest BCUT2D eigenvalue weighted by Gasteiger charge is 2.56. The molecule has 6 heteroatoms. The van der Waals surface area contributed by atoms with Crippen LogP contribution in [-0.4, -0.2) is 41.4 Å². The van der Waals surface area contributed by atoms with Crippen LogP contribution in [0.1, 0.15) is 32.3 Å². The summed E-state index contributed by atoms with van der Waals surface area (Å²) in [5.74, 6) is -0.354. The van der Waals surface area contributed by atoms with Crippen LogP contribution >= 0.6 is 0 Å². The number of aryl methyl sites for hydroxylation is 1. The molecule has 4 amide bonds. The van der Waals surface area contributed by atoms with Gasteiger partial charge in [0, 0.05) is 12.2 Å². The van der Waals surface area contributed by atoms with Crippen LogP contribution in [0.25, 0.3) is 0 Å². The molecule has 0 spiro atoms. The largest absolute Gasteiger partial charge is 0.325 e. The Labute approximate surface area is 141 Å². The van der Waals surface area contributed by atoms with E-state index in [0.29, 0.717) is 6.54 Å². The van der Waals surface area contributed by atoms with Gasteiger partial charge in [-0.2, -0.15) is 0 Å². The molecule has 0 unspecified atom stereocenters. The highest BCUT2D eigenvalue weighted by Crippen LogP contribution is 2.42. The molecular formula is C18H23N3O3. The maximum absolute atomic E-state index is 12.7. The fraction of sp³-hybridized carbons (Fsp3) is 0.500. The summed E-state index contributed by atoms with van der Waals surface area (Å²) in [5.41, 5.74) is 0.937. The number of likely N-dealkylation sites (N-methyl/N-ethyl adjacent to an activating group) is 1. The Morgan fingerprint density at radius 2 is 2.00 bits per heavy atom. The number of benzene rings is 1. The minimum atomic E-state index is -0.850. The Hall–Kier alpha value is -2.37. The summed E-state index contributed by atoms with van der Waals surface area (Å²) in [4.78, 5) is 40.2. The number of nitrogens with one attached hydrogen (secondary N) is 1. The fourth-order valence-electron chi connectivity index (χ4n) is 3.36. The molecule has 1 aliphatic carbocycles. The van der Waals surface area contributed by atoms with Crippen molar-refractivity contribution in [3.63, 3.8) is 0 Å². The molecule has 6 nitrogen and oxygen atoms in total. The molecule has 24 heavy (non-hydrogen) atoms. The van der Waals surface area contributed by atoms with Crippen LogP contribution < -0.4 is 10.2 Å². The second kappa shape index (κ2) is 5.92. The summed E-state index contributed by atoms with van der Waals surface area (Å²) >= 11 is 0. The number of anilines is 1. The Bertz CT molecular complexity index is 699. The third-order valence-electron chi connectivity index (χ3n) is 5.01. The molecular weight excluding hydrogens is 306 g/mol. The predicted octanol–water partition coefficient (Wildman–Crippen LogP) is 2.07. The number of nitrogens with zero attached hydrogens (tertiary/aromatic N) is 2. The maximum atomic E-state index is 12.7. The predicted molar refractivity (Wildman–Crippen MR) is 90.6 cm³/mol. The zero-order chi connectivity index (χ0) is 17.5. The number of carbonyl (C=O) groups is 3. The van der Waals surface area contributed by atoms with Gasteiger partial charge in [-0.05, 0) is 51.2 Å². The Morgan fingerprint density at radius 1 is 1.33 bits per heavy atom. The zero-order valence-electron chi connectivity index (χ0n) is 14.3. The van der Waals surface area contributed by atoms with E-state index in [-0.39, 0.29) is 24.3 Å². The van der Waals surface area contributed by atoms with Gasteiger partial charge in [-0.1, -0.05) is 18.2 Å². The van der Waals surface area contributed by atoms with E-state index in [4.69, 9.17) is 0 Å². The molecule has 128 valence electrons. The number of imide groups is 1. The fourth-order valence-corrected chi connectivity index (χ4v) is 3.36. The van der Waals surface area contributed by atoms with Gasteiger partial charge < -0.3 is 10.2 Å². The van der Waals surface area contributed by atoms with E-state index in [9.17, 15) is 14.4 Å². The molecule has 1 N–H and O–H groups in total. The van der Waals surface area contributed by atoms with Gasteiger partial charge in [-0.3, -0.25) is 14.5 Å². The van der Waals surface area contributed by atoms with Gasteiger partial charge >= 0.3 is 6.03 Å². The van der Waals surface area contributed by atoms with Gasteiger partial charge in [0.05, 0.1) is 0 Å². The molecule has 3 rings (SSSR count). The lowest BCUT2D eigenvalue weighted by molar-refractivity contribution is -0.134. The van der Waals surface area contributed by atoms with Gasteiger partial charge in [0.2, 0.25) is 5.91 Å². The number of hydrogen-bond acceptors (Lipinski definition) is 3. The van der Waals surface area contributed by atoms with Crippen LogP contribution in [-0.2, 0) is 9.59 Å². The van der Waals surface area contributed by atoms with Crippen molar-refractivity contribution in [2.75, 3.05) is 18.0 Å². The van der Waals surface area contributed by atoms with E-state index < -0.39 is 11.6 Å². The summed E-state index contributed by atoms with van der Waals surface area (Å²) in [6.07, 6.45) is 1.88. The SMILES string of the molecule is CCN(C(=O)CN1C(=O)N[C@@](C)(C2CC2)C1=O)c1ccccc1C. The number of para-hydroxylation sites is 1. The van der Waals surface area contributed by atoms with Crippen molar-refractivity contribution in [1.29, 1.82) is 0 Å². The highest BCUT2D eigenvalue weighted by atomic mass is 16.2. The summed E-state index contributed by atoms with van der Waals surface area (Å²) in [6.45, 7) is 5.82. The van der Waals surface area contributed by atoms with E-state index in [1.165, 1.54) is 0 Å². The third-order valence-corrected chi connectivity index (χ3v) is 5.01. The van der Waals surface area contributed by atoms with E-state index in [2.05, 4.69) is 5.32 Å². The topological polar surface area (TPSA) is 69.7 Å². The Morgan fingerprint density at radius 3 is 2.58 bits per heavy atom. The molecule has 0 radical (unpaired) electrons. The van der Waals surface area contributed by atoms with E-state index >= 15 is 0 Å². The summed E-state index contributed by atoms with van der Waals surface area (Å²) in [6, 6.07) is 7.12. The number of rotatable bonds is 5. The van der Waals surface area contributed by atoms with Crippen LogP contribution in [0.4, 0.5) is 10.5 Å². The summed E-state index contributed by atoms with van der Waals surface area (Å²) in [7, 11) is 0. The monoisotopic (exact) mass is 329 g/mol.